The van der Waals surface area contributed by atoms with Crippen molar-refractivity contribution in [2.24, 2.45) is 7.05 Å². The molecular formula is C19H24N4O2. The lowest BCUT2D eigenvalue weighted by Gasteiger charge is -2.26. The number of hydrogen-bond donors (Lipinski definition) is 2. The summed E-state index contributed by atoms with van der Waals surface area (Å²) >= 11 is 0. The molecule has 1 aromatic carbocycles. The van der Waals surface area contributed by atoms with Gasteiger partial charge in [-0.05, 0) is 44.4 Å². The van der Waals surface area contributed by atoms with Crippen molar-refractivity contribution in [3.8, 4) is 0 Å². The molecule has 6 heteroatoms. The molecule has 2 heterocycles. The standard InChI is InChI=1S/C19H24N4O2/c1-11(9-15-12(2)22-23(4)13(15)3)20-19(25)16-10-18(24)21-17-8-6-5-7-14(16)17/h5-8,11,16H,9-10H2,1-4H3,(H,20,25)(H,21,24)/t11-,16+/m0/s1. The third kappa shape index (κ3) is 3.43. The van der Waals surface area contributed by atoms with Crippen LogP contribution in [0.1, 0.15) is 41.8 Å². The van der Waals surface area contributed by atoms with Crippen LogP contribution in [0.3, 0.4) is 0 Å². The summed E-state index contributed by atoms with van der Waals surface area (Å²) in [5, 5.41) is 10.3. The number of hydrogen-bond acceptors (Lipinski definition) is 3. The monoisotopic (exact) mass is 340 g/mol. The molecule has 132 valence electrons. The summed E-state index contributed by atoms with van der Waals surface area (Å²) in [4.78, 5) is 24.7. The Morgan fingerprint density at radius 1 is 1.40 bits per heavy atom. The van der Waals surface area contributed by atoms with Gasteiger partial charge in [0.2, 0.25) is 11.8 Å². The molecule has 0 bridgehead atoms. The van der Waals surface area contributed by atoms with Gasteiger partial charge in [0.05, 0.1) is 11.6 Å². The van der Waals surface area contributed by atoms with Crippen LogP contribution in [0.25, 0.3) is 0 Å². The fourth-order valence-corrected chi connectivity index (χ4v) is 3.46. The van der Waals surface area contributed by atoms with Crippen LogP contribution < -0.4 is 10.6 Å². The molecule has 6 nitrogen and oxygen atoms in total. The van der Waals surface area contributed by atoms with Crippen molar-refractivity contribution >= 4 is 17.5 Å². The van der Waals surface area contributed by atoms with Gasteiger partial charge in [0.1, 0.15) is 0 Å². The molecular weight excluding hydrogens is 316 g/mol. The molecule has 2 atom stereocenters. The molecule has 0 spiro atoms. The van der Waals surface area contributed by atoms with Gasteiger partial charge in [-0.3, -0.25) is 14.3 Å². The van der Waals surface area contributed by atoms with Crippen LogP contribution in [0.5, 0.6) is 0 Å². The van der Waals surface area contributed by atoms with E-state index in [9.17, 15) is 9.59 Å². The van der Waals surface area contributed by atoms with Gasteiger partial charge < -0.3 is 10.6 Å². The maximum atomic E-state index is 12.8. The van der Waals surface area contributed by atoms with E-state index in [2.05, 4.69) is 15.7 Å². The van der Waals surface area contributed by atoms with Crippen LogP contribution in [-0.2, 0) is 23.1 Å². The van der Waals surface area contributed by atoms with Crippen molar-refractivity contribution in [2.75, 3.05) is 5.32 Å². The van der Waals surface area contributed by atoms with Gasteiger partial charge in [-0.2, -0.15) is 5.10 Å². The zero-order valence-corrected chi connectivity index (χ0v) is 15.1. The second-order valence-electron chi connectivity index (χ2n) is 6.78. The van der Waals surface area contributed by atoms with Crippen LogP contribution in [-0.4, -0.2) is 27.6 Å². The van der Waals surface area contributed by atoms with Crippen molar-refractivity contribution in [1.29, 1.82) is 0 Å². The molecule has 3 rings (SSSR count). The smallest absolute Gasteiger partial charge is 0.228 e. The number of para-hydroxylation sites is 1. The number of nitrogens with zero attached hydrogens (tertiary/aromatic N) is 2. The van der Waals surface area contributed by atoms with E-state index < -0.39 is 5.92 Å². The van der Waals surface area contributed by atoms with E-state index >= 15 is 0 Å². The molecule has 1 aromatic heterocycles. The molecule has 25 heavy (non-hydrogen) atoms. The van der Waals surface area contributed by atoms with Gasteiger partial charge in [0, 0.05) is 30.9 Å². The first-order valence-corrected chi connectivity index (χ1v) is 8.55. The van der Waals surface area contributed by atoms with Gasteiger partial charge in [-0.15, -0.1) is 0 Å². The van der Waals surface area contributed by atoms with E-state index in [1.807, 2.05) is 56.8 Å². The van der Waals surface area contributed by atoms with Gasteiger partial charge in [-0.25, -0.2) is 0 Å². The first-order chi connectivity index (χ1) is 11.9. The van der Waals surface area contributed by atoms with Crippen LogP contribution >= 0.6 is 0 Å². The van der Waals surface area contributed by atoms with Crippen LogP contribution in [0.4, 0.5) is 5.69 Å². The third-order valence-corrected chi connectivity index (χ3v) is 4.87. The first-order valence-electron chi connectivity index (χ1n) is 8.55. The zero-order valence-electron chi connectivity index (χ0n) is 15.1. The number of nitrogens with one attached hydrogen (secondary N) is 2. The topological polar surface area (TPSA) is 76.0 Å². The predicted molar refractivity (Wildman–Crippen MR) is 96.4 cm³/mol. The summed E-state index contributed by atoms with van der Waals surface area (Å²) in [5.41, 5.74) is 4.87. The number of carbonyl (C=O) groups is 2. The Balaban J connectivity index is 1.73. The number of rotatable bonds is 4. The number of benzene rings is 1. The molecule has 2 amide bonds. The number of carbonyl (C=O) groups excluding carboxylic acids is 2. The van der Waals surface area contributed by atoms with E-state index in [1.165, 1.54) is 0 Å². The van der Waals surface area contributed by atoms with E-state index in [0.717, 1.165) is 34.6 Å². The Morgan fingerprint density at radius 2 is 2.12 bits per heavy atom. The minimum atomic E-state index is -0.441. The quantitative estimate of drug-likeness (QED) is 0.896. The molecule has 0 saturated carbocycles. The highest BCUT2D eigenvalue weighted by Crippen LogP contribution is 2.32. The minimum absolute atomic E-state index is 0.0359. The number of fused-ring (bicyclic) bond motifs is 1. The number of aryl methyl sites for hydroxylation is 2. The van der Waals surface area contributed by atoms with Crippen LogP contribution in [0.2, 0.25) is 0 Å². The molecule has 0 radical (unpaired) electrons. The van der Waals surface area contributed by atoms with Gasteiger partial charge in [0.25, 0.3) is 0 Å². The van der Waals surface area contributed by atoms with Gasteiger partial charge >= 0.3 is 0 Å². The molecule has 1 aliphatic heterocycles. The largest absolute Gasteiger partial charge is 0.353 e. The second kappa shape index (κ2) is 6.70. The Labute approximate surface area is 147 Å². The average Bonchev–Trinajstić information content (AvgIpc) is 2.80. The van der Waals surface area contributed by atoms with E-state index in [0.29, 0.717) is 0 Å². The summed E-state index contributed by atoms with van der Waals surface area (Å²) in [6.07, 6.45) is 0.901. The molecule has 0 aliphatic carbocycles. The molecule has 0 saturated heterocycles. The van der Waals surface area contributed by atoms with Crippen LogP contribution in [0, 0.1) is 13.8 Å². The highest BCUT2D eigenvalue weighted by molar-refractivity contribution is 6.01. The van der Waals surface area contributed by atoms with Gasteiger partial charge in [0.15, 0.2) is 0 Å². The number of aromatic nitrogens is 2. The lowest BCUT2D eigenvalue weighted by atomic mass is 9.89. The fourth-order valence-electron chi connectivity index (χ4n) is 3.46. The maximum Gasteiger partial charge on any atom is 0.228 e. The lowest BCUT2D eigenvalue weighted by molar-refractivity contribution is -0.126. The summed E-state index contributed by atoms with van der Waals surface area (Å²) in [6, 6.07) is 7.45. The molecule has 0 fully saturated rings. The first kappa shape index (κ1) is 17.2. The van der Waals surface area contributed by atoms with Crippen molar-refractivity contribution in [3.63, 3.8) is 0 Å². The molecule has 1 aliphatic rings. The maximum absolute atomic E-state index is 12.8. The lowest BCUT2D eigenvalue weighted by Crippen LogP contribution is -2.40. The Hall–Kier alpha value is -2.63. The SMILES string of the molecule is Cc1nn(C)c(C)c1C[C@H](C)NC(=O)[C@@H]1CC(=O)Nc2ccccc21. The van der Waals surface area contributed by atoms with Crippen molar-refractivity contribution in [3.05, 3.63) is 46.8 Å². The van der Waals surface area contributed by atoms with Crippen molar-refractivity contribution in [1.82, 2.24) is 15.1 Å². The third-order valence-electron chi connectivity index (χ3n) is 4.87. The summed E-state index contributed by atoms with van der Waals surface area (Å²) in [7, 11) is 1.92. The Bertz CT molecular complexity index is 825. The van der Waals surface area contributed by atoms with E-state index in [4.69, 9.17) is 0 Å². The normalized spacial score (nSPS) is 17.6. The Morgan fingerprint density at radius 3 is 2.80 bits per heavy atom. The molecule has 2 N–H and O–H groups in total. The number of amides is 2. The average molecular weight is 340 g/mol. The summed E-state index contributed by atoms with van der Waals surface area (Å²) < 4.78 is 1.86. The highest BCUT2D eigenvalue weighted by atomic mass is 16.2. The highest BCUT2D eigenvalue weighted by Gasteiger charge is 2.31. The van der Waals surface area contributed by atoms with Crippen molar-refractivity contribution in [2.45, 2.75) is 45.6 Å². The van der Waals surface area contributed by atoms with E-state index in [1.54, 1.807) is 0 Å². The number of anilines is 1. The van der Waals surface area contributed by atoms with Crippen molar-refractivity contribution < 1.29 is 9.59 Å². The van der Waals surface area contributed by atoms with Gasteiger partial charge in [-0.1, -0.05) is 18.2 Å². The fraction of sp³-hybridized carbons (Fsp3) is 0.421. The van der Waals surface area contributed by atoms with E-state index in [-0.39, 0.29) is 24.3 Å². The second-order valence-corrected chi connectivity index (χ2v) is 6.78. The Kier molecular flexibility index (Phi) is 4.61. The minimum Gasteiger partial charge on any atom is -0.353 e. The zero-order chi connectivity index (χ0) is 18.1. The molecule has 0 unspecified atom stereocenters. The van der Waals surface area contributed by atoms with Crippen LogP contribution in [0.15, 0.2) is 24.3 Å². The summed E-state index contributed by atoms with van der Waals surface area (Å²) in [6.45, 7) is 6.00. The molecule has 2 aromatic rings. The summed E-state index contributed by atoms with van der Waals surface area (Å²) in [5.74, 6) is -0.664. The predicted octanol–water partition coefficient (Wildman–Crippen LogP) is 2.21.